The zero-order valence-corrected chi connectivity index (χ0v) is 17.1. The number of carbonyl (C=O) groups excluding carboxylic acids is 2. The van der Waals surface area contributed by atoms with Gasteiger partial charge in [0.2, 0.25) is 5.78 Å². The van der Waals surface area contributed by atoms with Gasteiger partial charge in [-0.05, 0) is 23.6 Å². The van der Waals surface area contributed by atoms with Crippen molar-refractivity contribution < 1.29 is 24.0 Å². The Labute approximate surface area is 173 Å². The van der Waals surface area contributed by atoms with Crippen LogP contribution in [0.4, 0.5) is 5.69 Å². The molecule has 0 aliphatic carbocycles. The molecule has 0 saturated carbocycles. The number of carbonyl (C=O) groups is 2. The molecule has 1 amide bonds. The largest absolute Gasteiger partial charge is 0.493 e. The van der Waals surface area contributed by atoms with E-state index in [0.717, 1.165) is 10.9 Å². The molecule has 0 bridgehead atoms. The van der Waals surface area contributed by atoms with Gasteiger partial charge in [-0.25, -0.2) is 0 Å². The van der Waals surface area contributed by atoms with Crippen molar-refractivity contribution in [2.24, 2.45) is 0 Å². The van der Waals surface area contributed by atoms with E-state index in [-0.39, 0.29) is 35.1 Å². The predicted molar refractivity (Wildman–Crippen MR) is 109 cm³/mol. The summed E-state index contributed by atoms with van der Waals surface area (Å²) in [5.41, 5.74) is 0.0896. The van der Waals surface area contributed by atoms with Gasteiger partial charge in [-0.15, -0.1) is 11.3 Å². The van der Waals surface area contributed by atoms with Gasteiger partial charge in [0.15, 0.2) is 11.5 Å². The second-order valence-electron chi connectivity index (χ2n) is 5.77. The van der Waals surface area contributed by atoms with Gasteiger partial charge in [0.05, 0.1) is 36.6 Å². The van der Waals surface area contributed by atoms with Crippen molar-refractivity contribution >= 4 is 40.1 Å². The van der Waals surface area contributed by atoms with Crippen LogP contribution in [-0.2, 0) is 6.54 Å². The summed E-state index contributed by atoms with van der Waals surface area (Å²) in [4.78, 5) is 36.9. The third-order valence-corrected chi connectivity index (χ3v) is 5.80. The molecule has 0 saturated heterocycles. The number of hydrogen-bond acceptors (Lipinski definition) is 8. The van der Waals surface area contributed by atoms with Crippen molar-refractivity contribution in [2.75, 3.05) is 14.2 Å². The standard InChI is InChI=1S/C19H16N2O6S2/c1-26-15-7-13(14(21(24)25)8-16(15)27-2)19(23)20-9-12-3-4-17(29-12)18(22)11-5-6-28-10-11/h3-8,10H,9H2,1-2H3,(H,20,23). The monoisotopic (exact) mass is 432 g/mol. The molecule has 2 aromatic heterocycles. The summed E-state index contributed by atoms with van der Waals surface area (Å²) in [6, 6.07) is 7.62. The second-order valence-corrected chi connectivity index (χ2v) is 7.72. The summed E-state index contributed by atoms with van der Waals surface area (Å²) in [6.07, 6.45) is 0. The number of rotatable bonds is 8. The van der Waals surface area contributed by atoms with Crippen LogP contribution in [0.3, 0.4) is 0 Å². The first-order chi connectivity index (χ1) is 13.9. The first-order valence-corrected chi connectivity index (χ1v) is 10.0. The van der Waals surface area contributed by atoms with Gasteiger partial charge in [-0.3, -0.25) is 19.7 Å². The maximum Gasteiger partial charge on any atom is 0.286 e. The highest BCUT2D eigenvalue weighted by Gasteiger charge is 2.24. The molecule has 3 rings (SSSR count). The fraction of sp³-hybridized carbons (Fsp3) is 0.158. The van der Waals surface area contributed by atoms with Gasteiger partial charge in [0.25, 0.3) is 11.6 Å². The molecule has 3 aromatic rings. The Balaban J connectivity index is 1.76. The van der Waals surface area contributed by atoms with Crippen LogP contribution in [-0.4, -0.2) is 30.8 Å². The number of ether oxygens (including phenoxy) is 2. The molecule has 0 radical (unpaired) electrons. The smallest absolute Gasteiger partial charge is 0.286 e. The van der Waals surface area contributed by atoms with E-state index in [1.54, 1.807) is 23.6 Å². The minimum absolute atomic E-state index is 0.0793. The number of nitro benzene ring substituents is 1. The summed E-state index contributed by atoms with van der Waals surface area (Å²) >= 11 is 2.71. The fourth-order valence-electron chi connectivity index (χ4n) is 2.59. The quantitative estimate of drug-likeness (QED) is 0.329. The summed E-state index contributed by atoms with van der Waals surface area (Å²) in [7, 11) is 2.73. The first kappa shape index (κ1) is 20.5. The topological polar surface area (TPSA) is 108 Å². The molecule has 10 heteroatoms. The molecule has 1 N–H and O–H groups in total. The Kier molecular flexibility index (Phi) is 6.25. The van der Waals surface area contributed by atoms with E-state index >= 15 is 0 Å². The van der Waals surface area contributed by atoms with E-state index in [0.29, 0.717) is 10.4 Å². The van der Waals surface area contributed by atoms with Crippen LogP contribution in [0.25, 0.3) is 0 Å². The van der Waals surface area contributed by atoms with Crippen LogP contribution in [0.2, 0.25) is 0 Å². The van der Waals surface area contributed by atoms with Gasteiger partial charge < -0.3 is 14.8 Å². The lowest BCUT2D eigenvalue weighted by atomic mass is 10.1. The molecule has 2 heterocycles. The third kappa shape index (κ3) is 4.44. The van der Waals surface area contributed by atoms with Crippen LogP contribution in [0.1, 0.15) is 30.5 Å². The Morgan fingerprint density at radius 2 is 1.86 bits per heavy atom. The molecular formula is C19H16N2O6S2. The van der Waals surface area contributed by atoms with E-state index in [4.69, 9.17) is 9.47 Å². The average Bonchev–Trinajstić information content (AvgIpc) is 3.42. The maximum atomic E-state index is 12.6. The van der Waals surface area contributed by atoms with Crippen molar-refractivity contribution in [3.8, 4) is 11.5 Å². The van der Waals surface area contributed by atoms with E-state index < -0.39 is 10.8 Å². The number of ketones is 1. The van der Waals surface area contributed by atoms with Crippen LogP contribution < -0.4 is 14.8 Å². The third-order valence-electron chi connectivity index (χ3n) is 4.04. The molecule has 0 aliphatic rings. The molecule has 0 aliphatic heterocycles. The van der Waals surface area contributed by atoms with Gasteiger partial charge in [-0.2, -0.15) is 11.3 Å². The normalized spacial score (nSPS) is 10.4. The Morgan fingerprint density at radius 1 is 1.14 bits per heavy atom. The molecule has 0 unspecified atom stereocenters. The first-order valence-electron chi connectivity index (χ1n) is 8.28. The number of amides is 1. The number of hydrogen-bond donors (Lipinski definition) is 1. The van der Waals surface area contributed by atoms with Crippen molar-refractivity contribution in [3.63, 3.8) is 0 Å². The van der Waals surface area contributed by atoms with Crippen LogP contribution >= 0.6 is 22.7 Å². The van der Waals surface area contributed by atoms with Gasteiger partial charge in [0, 0.05) is 21.9 Å². The lowest BCUT2D eigenvalue weighted by molar-refractivity contribution is -0.385. The van der Waals surface area contributed by atoms with Crippen molar-refractivity contribution in [1.82, 2.24) is 5.32 Å². The van der Waals surface area contributed by atoms with Crippen LogP contribution in [0.15, 0.2) is 41.1 Å². The summed E-state index contributed by atoms with van der Waals surface area (Å²) in [5, 5.41) is 17.6. The number of nitro groups is 1. The molecule has 29 heavy (non-hydrogen) atoms. The molecule has 150 valence electrons. The van der Waals surface area contributed by atoms with Crippen LogP contribution in [0, 0.1) is 10.1 Å². The predicted octanol–water partition coefficient (Wildman–Crippen LogP) is 3.90. The highest BCUT2D eigenvalue weighted by atomic mass is 32.1. The van der Waals surface area contributed by atoms with Gasteiger partial charge in [0.1, 0.15) is 5.56 Å². The molecular weight excluding hydrogens is 416 g/mol. The molecule has 1 aromatic carbocycles. The van der Waals surface area contributed by atoms with Crippen molar-refractivity contribution in [3.05, 3.63) is 72.1 Å². The lowest BCUT2D eigenvalue weighted by Crippen LogP contribution is -2.23. The van der Waals surface area contributed by atoms with E-state index in [1.165, 1.54) is 43.0 Å². The number of nitrogens with one attached hydrogen (secondary N) is 1. The summed E-state index contributed by atoms with van der Waals surface area (Å²) in [5.74, 6) is -0.338. The Hall–Kier alpha value is -3.24. The van der Waals surface area contributed by atoms with Crippen molar-refractivity contribution in [1.29, 1.82) is 0 Å². The van der Waals surface area contributed by atoms with E-state index in [1.807, 2.05) is 5.38 Å². The number of thiophene rings is 2. The zero-order chi connectivity index (χ0) is 21.0. The summed E-state index contributed by atoms with van der Waals surface area (Å²) < 4.78 is 10.2. The van der Waals surface area contributed by atoms with Crippen molar-refractivity contribution in [2.45, 2.75) is 6.54 Å². The fourth-order valence-corrected chi connectivity index (χ4v) is 4.14. The Bertz CT molecular complexity index is 1060. The molecule has 8 nitrogen and oxygen atoms in total. The van der Waals surface area contributed by atoms with E-state index in [9.17, 15) is 19.7 Å². The van der Waals surface area contributed by atoms with Gasteiger partial charge in [-0.1, -0.05) is 0 Å². The number of nitrogens with zero attached hydrogens (tertiary/aromatic N) is 1. The SMILES string of the molecule is COc1cc(C(=O)NCc2ccc(C(=O)c3ccsc3)s2)c([N+](=O)[O-])cc1OC. The Morgan fingerprint density at radius 3 is 2.48 bits per heavy atom. The minimum Gasteiger partial charge on any atom is -0.493 e. The van der Waals surface area contributed by atoms with Gasteiger partial charge >= 0.3 is 0 Å². The molecule has 0 spiro atoms. The van der Waals surface area contributed by atoms with E-state index in [2.05, 4.69) is 5.32 Å². The highest BCUT2D eigenvalue weighted by Crippen LogP contribution is 2.34. The average molecular weight is 432 g/mol. The lowest BCUT2D eigenvalue weighted by Gasteiger charge is -2.10. The molecule has 0 fully saturated rings. The maximum absolute atomic E-state index is 12.6. The summed E-state index contributed by atoms with van der Waals surface area (Å²) in [6.45, 7) is 0.131. The highest BCUT2D eigenvalue weighted by molar-refractivity contribution is 7.14. The second kappa shape index (κ2) is 8.84. The molecule has 0 atom stereocenters. The minimum atomic E-state index is -0.653. The number of methoxy groups -OCH3 is 2. The van der Waals surface area contributed by atoms with Crippen LogP contribution in [0.5, 0.6) is 11.5 Å². The zero-order valence-electron chi connectivity index (χ0n) is 15.5. The number of benzene rings is 1.